The number of hydrogen-bond acceptors (Lipinski definition) is 3. The van der Waals surface area contributed by atoms with Gasteiger partial charge in [0.15, 0.2) is 0 Å². The number of Topliss-reactive ketones (excluding diaryl/α,β-unsaturated/α-hetero) is 2. The molecule has 0 aliphatic carbocycles. The predicted octanol–water partition coefficient (Wildman–Crippen LogP) is 7.61. The van der Waals surface area contributed by atoms with Crippen LogP contribution in [0.15, 0.2) is 48.5 Å². The first-order chi connectivity index (χ1) is 15.2. The molecule has 0 aliphatic rings. The zero-order valence-corrected chi connectivity index (χ0v) is 19.3. The first kappa shape index (κ1) is 24.8. The third-order valence-corrected chi connectivity index (χ3v) is 5.67. The lowest BCUT2D eigenvalue weighted by Crippen LogP contribution is -2.15. The summed E-state index contributed by atoms with van der Waals surface area (Å²) in [6.45, 7) is 4.57. The van der Waals surface area contributed by atoms with Gasteiger partial charge in [0, 0.05) is 5.56 Å². The van der Waals surface area contributed by atoms with E-state index in [0.717, 1.165) is 6.42 Å². The Morgan fingerprint density at radius 1 is 0.677 bits per heavy atom. The molecule has 0 saturated heterocycles. The van der Waals surface area contributed by atoms with Crippen molar-refractivity contribution < 1.29 is 14.3 Å². The number of carbonyl (C=O) groups excluding carboxylic acids is 2. The summed E-state index contributed by atoms with van der Waals surface area (Å²) < 4.78 is 5.49. The summed E-state index contributed by atoms with van der Waals surface area (Å²) >= 11 is 0. The van der Waals surface area contributed by atoms with Gasteiger partial charge < -0.3 is 4.74 Å². The Balaban J connectivity index is 1.74. The first-order valence-corrected chi connectivity index (χ1v) is 12.1. The summed E-state index contributed by atoms with van der Waals surface area (Å²) in [5.41, 5.74) is 1.98. The van der Waals surface area contributed by atoms with E-state index in [0.29, 0.717) is 23.5 Å². The summed E-state index contributed by atoms with van der Waals surface area (Å²) in [5.74, 6) is -0.551. The minimum absolute atomic E-state index is 0.323. The summed E-state index contributed by atoms with van der Waals surface area (Å²) in [6.07, 6.45) is 14.3. The zero-order chi connectivity index (χ0) is 22.3. The van der Waals surface area contributed by atoms with Crippen molar-refractivity contribution in [1.82, 2.24) is 0 Å². The molecular weight excluding hydrogens is 384 g/mol. The van der Waals surface area contributed by atoms with Gasteiger partial charge in [0.2, 0.25) is 11.6 Å². The largest absolute Gasteiger partial charge is 0.493 e. The van der Waals surface area contributed by atoms with E-state index in [9.17, 15) is 9.59 Å². The second kappa shape index (κ2) is 14.6. The number of benzene rings is 2. The van der Waals surface area contributed by atoms with Crippen molar-refractivity contribution in [2.45, 2.75) is 84.5 Å². The SMILES string of the molecule is CCCCCCCCCCCCc1ccc(C(=O)C(=O)c2ccccc2OCC)cc1. The van der Waals surface area contributed by atoms with Crippen LogP contribution in [0, 0.1) is 0 Å². The van der Waals surface area contributed by atoms with E-state index >= 15 is 0 Å². The van der Waals surface area contributed by atoms with E-state index in [4.69, 9.17) is 4.74 Å². The molecule has 0 bridgehead atoms. The Morgan fingerprint density at radius 2 is 1.26 bits per heavy atom. The highest BCUT2D eigenvalue weighted by atomic mass is 16.5. The van der Waals surface area contributed by atoms with Gasteiger partial charge in [0.1, 0.15) is 5.75 Å². The molecule has 0 aromatic heterocycles. The predicted molar refractivity (Wildman–Crippen MR) is 128 cm³/mol. The van der Waals surface area contributed by atoms with Gasteiger partial charge >= 0.3 is 0 Å². The Kier molecular flexibility index (Phi) is 11.7. The highest BCUT2D eigenvalue weighted by Crippen LogP contribution is 2.21. The molecule has 168 valence electrons. The standard InChI is InChI=1S/C28H38O3/c1-3-5-6-7-8-9-10-11-12-13-16-23-19-21-24(22-20-23)27(29)28(30)25-17-14-15-18-26(25)31-4-2/h14-15,17-22H,3-13,16H2,1-2H3. The van der Waals surface area contributed by atoms with E-state index in [1.807, 2.05) is 19.1 Å². The minimum Gasteiger partial charge on any atom is -0.493 e. The highest BCUT2D eigenvalue weighted by Gasteiger charge is 2.21. The molecule has 2 aromatic carbocycles. The number of aryl methyl sites for hydroxylation is 1. The molecule has 0 atom stereocenters. The van der Waals surface area contributed by atoms with E-state index in [1.165, 1.54) is 69.8 Å². The van der Waals surface area contributed by atoms with Crippen LogP contribution in [0.4, 0.5) is 0 Å². The molecule has 0 fully saturated rings. The minimum atomic E-state index is -0.522. The molecule has 0 N–H and O–H groups in total. The monoisotopic (exact) mass is 422 g/mol. The van der Waals surface area contributed by atoms with E-state index < -0.39 is 11.6 Å². The number of para-hydroxylation sites is 1. The van der Waals surface area contributed by atoms with Gasteiger partial charge in [-0.15, -0.1) is 0 Å². The molecule has 0 amide bonds. The molecule has 3 nitrogen and oxygen atoms in total. The topological polar surface area (TPSA) is 43.4 Å². The highest BCUT2D eigenvalue weighted by molar-refractivity contribution is 6.49. The molecule has 0 saturated carbocycles. The lowest BCUT2D eigenvalue weighted by Gasteiger charge is -2.09. The van der Waals surface area contributed by atoms with Crippen molar-refractivity contribution >= 4 is 11.6 Å². The fourth-order valence-corrected chi connectivity index (χ4v) is 3.83. The Morgan fingerprint density at radius 3 is 1.87 bits per heavy atom. The van der Waals surface area contributed by atoms with Crippen LogP contribution in [0.3, 0.4) is 0 Å². The van der Waals surface area contributed by atoms with Gasteiger partial charge in [-0.25, -0.2) is 0 Å². The number of rotatable bonds is 16. The average molecular weight is 423 g/mol. The van der Waals surface area contributed by atoms with Crippen molar-refractivity contribution in [3.63, 3.8) is 0 Å². The van der Waals surface area contributed by atoms with Gasteiger partial charge in [-0.1, -0.05) is 101 Å². The van der Waals surface area contributed by atoms with E-state index in [-0.39, 0.29) is 0 Å². The number of carbonyl (C=O) groups is 2. The van der Waals surface area contributed by atoms with Crippen molar-refractivity contribution in [1.29, 1.82) is 0 Å². The van der Waals surface area contributed by atoms with Gasteiger partial charge in [-0.2, -0.15) is 0 Å². The van der Waals surface area contributed by atoms with Crippen LogP contribution >= 0.6 is 0 Å². The van der Waals surface area contributed by atoms with E-state index in [2.05, 4.69) is 6.92 Å². The van der Waals surface area contributed by atoms with E-state index in [1.54, 1.807) is 36.4 Å². The Hall–Kier alpha value is -2.42. The van der Waals surface area contributed by atoms with Crippen LogP contribution in [-0.2, 0) is 6.42 Å². The number of ketones is 2. The maximum absolute atomic E-state index is 12.7. The molecule has 0 radical (unpaired) electrons. The lowest BCUT2D eigenvalue weighted by atomic mass is 9.98. The van der Waals surface area contributed by atoms with Crippen LogP contribution in [0.1, 0.15) is 104 Å². The Bertz CT molecular complexity index is 792. The second-order valence-electron chi connectivity index (χ2n) is 8.22. The van der Waals surface area contributed by atoms with Crippen LogP contribution < -0.4 is 4.74 Å². The second-order valence-corrected chi connectivity index (χ2v) is 8.22. The molecule has 0 aliphatic heterocycles. The maximum atomic E-state index is 12.7. The van der Waals surface area contributed by atoms with Gasteiger partial charge in [0.25, 0.3) is 0 Å². The van der Waals surface area contributed by atoms with Crippen molar-refractivity contribution in [3.8, 4) is 5.75 Å². The molecule has 0 spiro atoms. The number of ether oxygens (including phenoxy) is 1. The van der Waals surface area contributed by atoms with Crippen LogP contribution in [0.25, 0.3) is 0 Å². The molecule has 0 heterocycles. The van der Waals surface area contributed by atoms with Crippen LogP contribution in [0.2, 0.25) is 0 Å². The molecule has 3 heteroatoms. The molecule has 31 heavy (non-hydrogen) atoms. The first-order valence-electron chi connectivity index (χ1n) is 12.1. The Labute approximate surface area is 188 Å². The summed E-state index contributed by atoms with van der Waals surface area (Å²) in [5, 5.41) is 0. The quantitative estimate of drug-likeness (QED) is 0.159. The van der Waals surface area contributed by atoms with Gasteiger partial charge in [-0.05, 0) is 37.5 Å². The van der Waals surface area contributed by atoms with Gasteiger partial charge in [0.05, 0.1) is 12.2 Å². The summed E-state index contributed by atoms with van der Waals surface area (Å²) in [4.78, 5) is 25.3. The normalized spacial score (nSPS) is 10.8. The average Bonchev–Trinajstić information content (AvgIpc) is 2.80. The van der Waals surface area contributed by atoms with Crippen LogP contribution in [0.5, 0.6) is 5.75 Å². The van der Waals surface area contributed by atoms with Gasteiger partial charge in [-0.3, -0.25) is 9.59 Å². The molecule has 2 aromatic rings. The molecule has 0 unspecified atom stereocenters. The van der Waals surface area contributed by atoms with Crippen molar-refractivity contribution in [2.75, 3.05) is 6.61 Å². The maximum Gasteiger partial charge on any atom is 0.237 e. The fraction of sp³-hybridized carbons (Fsp3) is 0.500. The smallest absolute Gasteiger partial charge is 0.237 e. The third-order valence-electron chi connectivity index (χ3n) is 5.67. The molecule has 2 rings (SSSR count). The zero-order valence-electron chi connectivity index (χ0n) is 19.3. The summed E-state index contributed by atoms with van der Waals surface area (Å²) in [7, 11) is 0. The van der Waals surface area contributed by atoms with Crippen molar-refractivity contribution in [3.05, 3.63) is 65.2 Å². The number of hydrogen-bond donors (Lipinski definition) is 0. The molecular formula is C28H38O3. The van der Waals surface area contributed by atoms with Crippen molar-refractivity contribution in [2.24, 2.45) is 0 Å². The lowest BCUT2D eigenvalue weighted by molar-refractivity contribution is 0.0814. The van der Waals surface area contributed by atoms with Crippen LogP contribution in [-0.4, -0.2) is 18.2 Å². The summed E-state index contributed by atoms with van der Waals surface area (Å²) in [6, 6.07) is 14.4. The third kappa shape index (κ3) is 8.69. The number of unbranched alkanes of at least 4 members (excludes halogenated alkanes) is 9. The fourth-order valence-electron chi connectivity index (χ4n) is 3.83.